The van der Waals surface area contributed by atoms with Crippen molar-refractivity contribution in [1.82, 2.24) is 4.98 Å². The zero-order valence-corrected chi connectivity index (χ0v) is 9.74. The second-order valence-corrected chi connectivity index (χ2v) is 4.76. The first-order valence-electron chi connectivity index (χ1n) is 5.41. The predicted molar refractivity (Wildman–Crippen MR) is 59.9 cm³/mol. The molecule has 16 heavy (non-hydrogen) atoms. The van der Waals surface area contributed by atoms with Crippen LogP contribution in [0.4, 0.5) is 4.39 Å². The fraction of sp³-hybridized carbons (Fsp3) is 0.545. The Labute approximate surface area is 95.1 Å². The minimum absolute atomic E-state index is 0.0568. The molecule has 1 aromatic heterocycles. The minimum Gasteiger partial charge on any atom is -0.405 e. The van der Waals surface area contributed by atoms with E-state index in [-0.39, 0.29) is 11.7 Å². The Bertz CT molecular complexity index is 386. The molecular weight excluding hydrogens is 208 g/mol. The van der Waals surface area contributed by atoms with Gasteiger partial charge in [0.1, 0.15) is 5.82 Å². The number of hydrogen-bond donors (Lipinski definition) is 0. The molecule has 1 atom stereocenters. The van der Waals surface area contributed by atoms with Crippen LogP contribution in [0.2, 0.25) is 0 Å². The van der Waals surface area contributed by atoms with E-state index in [1.54, 1.807) is 6.07 Å². The molecule has 1 aliphatic rings. The third-order valence-corrected chi connectivity index (χ3v) is 2.62. The van der Waals surface area contributed by atoms with Gasteiger partial charge >= 0.3 is 7.12 Å². The minimum atomic E-state index is -0.637. The molecule has 2 heterocycles. The zero-order valence-electron chi connectivity index (χ0n) is 9.74. The second kappa shape index (κ2) is 4.15. The van der Waals surface area contributed by atoms with Gasteiger partial charge in [-0.25, -0.2) is 4.39 Å². The van der Waals surface area contributed by atoms with Crippen molar-refractivity contribution >= 4 is 12.6 Å². The van der Waals surface area contributed by atoms with E-state index < -0.39 is 12.9 Å². The van der Waals surface area contributed by atoms with E-state index in [1.807, 2.05) is 20.8 Å². The highest BCUT2D eigenvalue weighted by Crippen LogP contribution is 2.25. The maximum absolute atomic E-state index is 13.5. The molecule has 1 fully saturated rings. The zero-order chi connectivity index (χ0) is 11.8. The average molecular weight is 223 g/mol. The lowest BCUT2D eigenvalue weighted by Gasteiger charge is -2.38. The van der Waals surface area contributed by atoms with Gasteiger partial charge in [-0.3, -0.25) is 4.98 Å². The molecule has 86 valence electrons. The van der Waals surface area contributed by atoms with Crippen LogP contribution in [-0.2, 0) is 9.31 Å². The van der Waals surface area contributed by atoms with Gasteiger partial charge in [-0.1, -0.05) is 0 Å². The molecule has 1 saturated heterocycles. The molecule has 1 unspecified atom stereocenters. The summed E-state index contributed by atoms with van der Waals surface area (Å²) in [6.07, 6.45) is 3.57. The van der Waals surface area contributed by atoms with Crippen molar-refractivity contribution in [2.75, 3.05) is 0 Å². The summed E-state index contributed by atoms with van der Waals surface area (Å²) in [5.74, 6) is -0.391. The van der Waals surface area contributed by atoms with Crippen LogP contribution in [0.1, 0.15) is 27.2 Å². The van der Waals surface area contributed by atoms with Crippen LogP contribution in [-0.4, -0.2) is 23.8 Å². The van der Waals surface area contributed by atoms with E-state index in [0.717, 1.165) is 6.42 Å². The maximum Gasteiger partial charge on any atom is 0.497 e. The summed E-state index contributed by atoms with van der Waals surface area (Å²) in [6.45, 7) is 5.94. The topological polar surface area (TPSA) is 31.4 Å². The van der Waals surface area contributed by atoms with Crippen molar-refractivity contribution in [3.05, 3.63) is 24.3 Å². The predicted octanol–water partition coefficient (Wildman–Crippen LogP) is 1.52. The van der Waals surface area contributed by atoms with E-state index in [9.17, 15) is 4.39 Å². The first-order chi connectivity index (χ1) is 7.48. The molecule has 0 bridgehead atoms. The fourth-order valence-corrected chi connectivity index (χ4v) is 2.03. The first-order valence-corrected chi connectivity index (χ1v) is 5.41. The van der Waals surface area contributed by atoms with Gasteiger partial charge in [-0.05, 0) is 33.3 Å². The van der Waals surface area contributed by atoms with Crippen molar-refractivity contribution in [1.29, 1.82) is 0 Å². The lowest BCUT2D eigenvalue weighted by Crippen LogP contribution is -2.52. The van der Waals surface area contributed by atoms with Crippen molar-refractivity contribution in [2.45, 2.75) is 38.9 Å². The van der Waals surface area contributed by atoms with Crippen molar-refractivity contribution in [3.63, 3.8) is 0 Å². The van der Waals surface area contributed by atoms with E-state index in [4.69, 9.17) is 9.31 Å². The van der Waals surface area contributed by atoms with Crippen LogP contribution in [0.15, 0.2) is 18.5 Å². The summed E-state index contributed by atoms with van der Waals surface area (Å²) in [5.41, 5.74) is 0.118. The van der Waals surface area contributed by atoms with Crippen molar-refractivity contribution < 1.29 is 13.7 Å². The number of rotatable bonds is 1. The highest BCUT2D eigenvalue weighted by molar-refractivity contribution is 6.61. The van der Waals surface area contributed by atoms with Crippen LogP contribution in [0.5, 0.6) is 0 Å². The fourth-order valence-electron chi connectivity index (χ4n) is 2.03. The monoisotopic (exact) mass is 223 g/mol. The molecule has 0 N–H and O–H groups in total. The molecule has 0 saturated carbocycles. The Kier molecular flexibility index (Phi) is 2.99. The summed E-state index contributed by atoms with van der Waals surface area (Å²) >= 11 is 0. The lowest BCUT2D eigenvalue weighted by molar-refractivity contribution is -0.0232. The number of nitrogens with zero attached hydrogens (tertiary/aromatic N) is 1. The van der Waals surface area contributed by atoms with E-state index >= 15 is 0 Å². The normalized spacial score (nSPS) is 24.5. The van der Waals surface area contributed by atoms with Crippen LogP contribution in [0.25, 0.3) is 0 Å². The molecule has 2 rings (SSSR count). The van der Waals surface area contributed by atoms with E-state index in [2.05, 4.69) is 4.98 Å². The molecule has 0 aliphatic carbocycles. The lowest BCUT2D eigenvalue weighted by atomic mass is 9.75. The van der Waals surface area contributed by atoms with Crippen LogP contribution in [0, 0.1) is 5.82 Å². The summed E-state index contributed by atoms with van der Waals surface area (Å²) in [5, 5.41) is 0. The van der Waals surface area contributed by atoms with Crippen molar-refractivity contribution in [3.8, 4) is 0 Å². The summed E-state index contributed by atoms with van der Waals surface area (Å²) < 4.78 is 24.9. The number of halogens is 1. The Morgan fingerprint density at radius 1 is 1.56 bits per heavy atom. The molecule has 3 nitrogen and oxygen atoms in total. The highest BCUT2D eigenvalue weighted by atomic mass is 19.1. The standard InChI is InChI=1S/C11H15BFNO2/c1-8-6-11(2,3)16-12(15-8)9-4-5-14-7-10(9)13/h4-5,7-8H,6H2,1-3H3. The van der Waals surface area contributed by atoms with E-state index in [1.165, 1.54) is 12.4 Å². The Morgan fingerprint density at radius 2 is 2.31 bits per heavy atom. The third kappa shape index (κ3) is 2.41. The molecule has 1 aliphatic heterocycles. The van der Waals surface area contributed by atoms with E-state index in [0.29, 0.717) is 5.46 Å². The van der Waals surface area contributed by atoms with Gasteiger partial charge in [-0.15, -0.1) is 0 Å². The van der Waals surface area contributed by atoms with Gasteiger partial charge in [0.15, 0.2) is 0 Å². The van der Waals surface area contributed by atoms with Gasteiger partial charge in [0.2, 0.25) is 0 Å². The molecule has 1 aromatic rings. The molecule has 0 spiro atoms. The SMILES string of the molecule is CC1CC(C)(C)OB(c2ccncc2F)O1. The average Bonchev–Trinajstić information content (AvgIpc) is 2.15. The van der Waals surface area contributed by atoms with Crippen molar-refractivity contribution in [2.24, 2.45) is 0 Å². The summed E-state index contributed by atoms with van der Waals surface area (Å²) in [6, 6.07) is 1.59. The Balaban J connectivity index is 2.25. The quantitative estimate of drug-likeness (QED) is 0.676. The number of pyridine rings is 1. The molecular formula is C11H15BFNO2. The van der Waals surface area contributed by atoms with Gasteiger partial charge in [0, 0.05) is 17.8 Å². The Morgan fingerprint density at radius 3 is 2.94 bits per heavy atom. The Hall–Kier alpha value is -0.935. The van der Waals surface area contributed by atoms with Crippen LogP contribution in [0.3, 0.4) is 0 Å². The molecule has 0 radical (unpaired) electrons. The molecule has 5 heteroatoms. The summed E-state index contributed by atoms with van der Waals surface area (Å²) in [7, 11) is -0.637. The smallest absolute Gasteiger partial charge is 0.405 e. The number of aromatic nitrogens is 1. The number of hydrogen-bond acceptors (Lipinski definition) is 3. The van der Waals surface area contributed by atoms with Gasteiger partial charge in [0.05, 0.1) is 11.8 Å². The van der Waals surface area contributed by atoms with Crippen LogP contribution < -0.4 is 5.46 Å². The summed E-state index contributed by atoms with van der Waals surface area (Å²) in [4.78, 5) is 3.71. The van der Waals surface area contributed by atoms with Gasteiger partial charge < -0.3 is 9.31 Å². The largest absolute Gasteiger partial charge is 0.497 e. The molecule has 0 amide bonds. The first kappa shape index (κ1) is 11.5. The van der Waals surface area contributed by atoms with Gasteiger partial charge in [0.25, 0.3) is 0 Å². The second-order valence-electron chi connectivity index (χ2n) is 4.76. The maximum atomic E-state index is 13.5. The van der Waals surface area contributed by atoms with Crippen LogP contribution >= 0.6 is 0 Å². The van der Waals surface area contributed by atoms with Gasteiger partial charge in [-0.2, -0.15) is 0 Å². The molecule has 0 aromatic carbocycles. The third-order valence-electron chi connectivity index (χ3n) is 2.62. The highest BCUT2D eigenvalue weighted by Gasteiger charge is 2.39.